The second-order valence-electron chi connectivity index (χ2n) is 5.91. The average molecular weight is 323 g/mol. The van der Waals surface area contributed by atoms with Gasteiger partial charge in [-0.1, -0.05) is 12.1 Å². The summed E-state index contributed by atoms with van der Waals surface area (Å²) >= 11 is 0. The first-order valence-corrected chi connectivity index (χ1v) is 8.07. The molecule has 2 aromatic heterocycles. The second kappa shape index (κ2) is 5.63. The molecule has 3 aromatic rings. The van der Waals surface area contributed by atoms with Crippen LogP contribution in [0.2, 0.25) is 0 Å². The Labute approximate surface area is 138 Å². The Balaban J connectivity index is 1.80. The molecule has 0 spiro atoms. The van der Waals surface area contributed by atoms with Crippen LogP contribution < -0.4 is 5.56 Å². The van der Waals surface area contributed by atoms with E-state index in [1.54, 1.807) is 13.1 Å². The van der Waals surface area contributed by atoms with Crippen LogP contribution in [0.3, 0.4) is 0 Å². The van der Waals surface area contributed by atoms with Crippen LogP contribution in [0, 0.1) is 0 Å². The van der Waals surface area contributed by atoms with Crippen molar-refractivity contribution >= 4 is 11.5 Å². The smallest absolute Gasteiger partial charge is 0.358 e. The van der Waals surface area contributed by atoms with Crippen LogP contribution in [-0.4, -0.2) is 27.2 Å². The number of nitrogens with zero attached hydrogens (tertiary/aromatic N) is 2. The van der Waals surface area contributed by atoms with E-state index >= 15 is 0 Å². The van der Waals surface area contributed by atoms with Crippen molar-refractivity contribution in [1.82, 2.24) is 14.6 Å². The van der Waals surface area contributed by atoms with E-state index in [1.807, 2.05) is 6.07 Å². The molecule has 6 nitrogen and oxygen atoms in total. The summed E-state index contributed by atoms with van der Waals surface area (Å²) in [7, 11) is 0. The van der Waals surface area contributed by atoms with Gasteiger partial charge in [-0.15, -0.1) is 0 Å². The van der Waals surface area contributed by atoms with Gasteiger partial charge in [-0.3, -0.25) is 4.79 Å². The van der Waals surface area contributed by atoms with Crippen molar-refractivity contribution in [1.29, 1.82) is 0 Å². The van der Waals surface area contributed by atoms with Crippen LogP contribution in [-0.2, 0) is 17.6 Å². The third-order valence-electron chi connectivity index (χ3n) is 4.36. The molecule has 0 saturated heterocycles. The van der Waals surface area contributed by atoms with Crippen molar-refractivity contribution in [3.05, 3.63) is 57.6 Å². The van der Waals surface area contributed by atoms with Gasteiger partial charge in [0.25, 0.3) is 5.56 Å². The molecule has 1 N–H and O–H groups in total. The molecule has 1 aliphatic carbocycles. The number of H-pyrrole nitrogens is 1. The fraction of sp³-hybridized carbons (Fsp3) is 0.278. The van der Waals surface area contributed by atoms with Gasteiger partial charge in [0.2, 0.25) is 0 Å². The maximum Gasteiger partial charge on any atom is 0.358 e. The van der Waals surface area contributed by atoms with Crippen LogP contribution in [0.4, 0.5) is 0 Å². The normalized spacial score (nSPS) is 13.2. The van der Waals surface area contributed by atoms with Gasteiger partial charge in [-0.25, -0.2) is 9.31 Å². The van der Waals surface area contributed by atoms with Crippen molar-refractivity contribution in [2.45, 2.75) is 26.2 Å². The van der Waals surface area contributed by atoms with Crippen LogP contribution >= 0.6 is 0 Å². The summed E-state index contributed by atoms with van der Waals surface area (Å²) in [4.78, 5) is 27.0. The van der Waals surface area contributed by atoms with E-state index in [0.29, 0.717) is 11.2 Å². The molecule has 0 bridgehead atoms. The van der Waals surface area contributed by atoms with E-state index in [4.69, 9.17) is 4.74 Å². The number of aromatic nitrogens is 3. The second-order valence-corrected chi connectivity index (χ2v) is 5.91. The predicted molar refractivity (Wildman–Crippen MR) is 89.2 cm³/mol. The maximum absolute atomic E-state index is 12.3. The van der Waals surface area contributed by atoms with E-state index in [2.05, 4.69) is 22.2 Å². The van der Waals surface area contributed by atoms with Crippen molar-refractivity contribution in [3.63, 3.8) is 0 Å². The minimum absolute atomic E-state index is 0.133. The largest absolute Gasteiger partial charge is 0.461 e. The molecule has 0 radical (unpaired) electrons. The Bertz CT molecular complexity index is 1000. The van der Waals surface area contributed by atoms with E-state index in [9.17, 15) is 9.59 Å². The third kappa shape index (κ3) is 2.40. The number of esters is 1. The highest BCUT2D eigenvalue weighted by Gasteiger charge is 2.16. The number of rotatable bonds is 3. The quantitative estimate of drug-likeness (QED) is 0.751. The number of hydrogen-bond acceptors (Lipinski definition) is 4. The van der Waals surface area contributed by atoms with Crippen molar-refractivity contribution in [2.24, 2.45) is 0 Å². The lowest BCUT2D eigenvalue weighted by Crippen LogP contribution is -2.10. The zero-order chi connectivity index (χ0) is 16.7. The molecule has 0 saturated carbocycles. The Morgan fingerprint density at radius 2 is 2.12 bits per heavy atom. The van der Waals surface area contributed by atoms with Gasteiger partial charge in [0.15, 0.2) is 5.69 Å². The predicted octanol–water partition coefficient (Wildman–Crippen LogP) is 2.36. The minimum Gasteiger partial charge on any atom is -0.461 e. The van der Waals surface area contributed by atoms with E-state index < -0.39 is 5.97 Å². The molecule has 6 heteroatoms. The SMILES string of the molecule is CCOC(=O)c1cc2c(=O)[nH]c(-c3ccc4c(c3)CCC4)cn2n1. The van der Waals surface area contributed by atoms with E-state index in [1.165, 1.54) is 28.1 Å². The first-order valence-electron chi connectivity index (χ1n) is 8.07. The summed E-state index contributed by atoms with van der Waals surface area (Å²) in [6, 6.07) is 7.70. The number of carbonyl (C=O) groups is 1. The van der Waals surface area contributed by atoms with Crippen molar-refractivity contribution in [3.8, 4) is 11.3 Å². The molecule has 1 aromatic carbocycles. The summed E-state index contributed by atoms with van der Waals surface area (Å²) in [6.07, 6.45) is 5.10. The van der Waals surface area contributed by atoms with Gasteiger partial charge in [0.1, 0.15) is 5.52 Å². The summed E-state index contributed by atoms with van der Waals surface area (Å²) in [5.74, 6) is -0.528. The van der Waals surface area contributed by atoms with Crippen LogP contribution in [0.1, 0.15) is 35.0 Å². The number of ether oxygens (including phenoxy) is 1. The third-order valence-corrected chi connectivity index (χ3v) is 4.36. The number of benzene rings is 1. The first kappa shape index (κ1) is 14.7. The van der Waals surface area contributed by atoms with Crippen LogP contribution in [0.5, 0.6) is 0 Å². The number of nitrogens with one attached hydrogen (secondary N) is 1. The summed E-state index contributed by atoms with van der Waals surface area (Å²) in [5, 5.41) is 4.17. The molecule has 0 unspecified atom stereocenters. The topological polar surface area (TPSA) is 76.5 Å². The number of hydrogen-bond donors (Lipinski definition) is 1. The fourth-order valence-corrected chi connectivity index (χ4v) is 3.19. The molecular weight excluding hydrogens is 306 g/mol. The molecule has 0 atom stereocenters. The Morgan fingerprint density at radius 3 is 2.96 bits per heavy atom. The lowest BCUT2D eigenvalue weighted by molar-refractivity contribution is 0.0519. The molecule has 4 rings (SSSR count). The van der Waals surface area contributed by atoms with Gasteiger partial charge in [0, 0.05) is 6.07 Å². The molecule has 2 heterocycles. The first-order chi connectivity index (χ1) is 11.7. The monoisotopic (exact) mass is 323 g/mol. The van der Waals surface area contributed by atoms with Crippen molar-refractivity contribution < 1.29 is 9.53 Å². The number of carbonyl (C=O) groups excluding carboxylic acids is 1. The molecule has 122 valence electrons. The van der Waals surface area contributed by atoms with Crippen molar-refractivity contribution in [2.75, 3.05) is 6.61 Å². The number of aromatic amines is 1. The van der Waals surface area contributed by atoms with E-state index in [-0.39, 0.29) is 17.9 Å². The summed E-state index contributed by atoms with van der Waals surface area (Å²) in [6.45, 7) is 2.00. The Kier molecular flexibility index (Phi) is 3.45. The zero-order valence-corrected chi connectivity index (χ0v) is 13.3. The lowest BCUT2D eigenvalue weighted by atomic mass is 10.0. The maximum atomic E-state index is 12.3. The molecule has 0 aliphatic heterocycles. The number of fused-ring (bicyclic) bond motifs is 2. The molecular formula is C18H17N3O3. The lowest BCUT2D eigenvalue weighted by Gasteiger charge is -2.05. The zero-order valence-electron chi connectivity index (χ0n) is 13.3. The van der Waals surface area contributed by atoms with Gasteiger partial charge in [-0.2, -0.15) is 5.10 Å². The summed E-state index contributed by atoms with van der Waals surface area (Å²) in [5.41, 5.74) is 4.52. The van der Waals surface area contributed by atoms with Crippen LogP contribution in [0.15, 0.2) is 35.3 Å². The highest BCUT2D eigenvalue weighted by molar-refractivity contribution is 5.88. The van der Waals surface area contributed by atoms with E-state index in [0.717, 1.165) is 18.4 Å². The molecule has 0 amide bonds. The van der Waals surface area contributed by atoms with Crippen LogP contribution in [0.25, 0.3) is 16.8 Å². The minimum atomic E-state index is -0.528. The van der Waals surface area contributed by atoms with Gasteiger partial charge in [-0.05, 0) is 48.9 Å². The Hall–Kier alpha value is -2.89. The Morgan fingerprint density at radius 1 is 1.29 bits per heavy atom. The van der Waals surface area contributed by atoms with Gasteiger partial charge < -0.3 is 9.72 Å². The molecule has 0 fully saturated rings. The van der Waals surface area contributed by atoms with Gasteiger partial charge in [0.05, 0.1) is 18.5 Å². The fourth-order valence-electron chi connectivity index (χ4n) is 3.19. The summed E-state index contributed by atoms with van der Waals surface area (Å²) < 4.78 is 6.37. The van der Waals surface area contributed by atoms with Gasteiger partial charge >= 0.3 is 5.97 Å². The molecule has 1 aliphatic rings. The molecule has 24 heavy (non-hydrogen) atoms. The highest BCUT2D eigenvalue weighted by atomic mass is 16.5. The standard InChI is InChI=1S/C18H17N3O3/c1-2-24-18(23)14-9-16-17(22)19-15(10-21(16)20-14)13-7-6-11-4-3-5-12(11)8-13/h6-10H,2-5H2,1H3,(H,19,22). The number of aryl methyl sites for hydroxylation is 2. The average Bonchev–Trinajstić information content (AvgIpc) is 3.21. The highest BCUT2D eigenvalue weighted by Crippen LogP contribution is 2.26.